The summed E-state index contributed by atoms with van der Waals surface area (Å²) in [5.74, 6) is -0.145. The highest BCUT2D eigenvalue weighted by Crippen LogP contribution is 2.30. The molecule has 1 atom stereocenters. The number of allylic oxidation sites excluding steroid dienone is 1. The molecule has 1 saturated carbocycles. The molecule has 2 amide bonds. The number of nitrogens with zero attached hydrogens (tertiary/aromatic N) is 1. The van der Waals surface area contributed by atoms with Crippen LogP contribution < -0.4 is 10.6 Å². The second-order valence-corrected chi connectivity index (χ2v) is 7.02. The molecule has 1 aliphatic carbocycles. The number of ether oxygens (including phenoxy) is 1. The van der Waals surface area contributed by atoms with E-state index in [9.17, 15) is 19.7 Å². The highest BCUT2D eigenvalue weighted by molar-refractivity contribution is 5.95. The van der Waals surface area contributed by atoms with Gasteiger partial charge in [-0.15, -0.1) is 0 Å². The van der Waals surface area contributed by atoms with Crippen LogP contribution in [0.1, 0.15) is 50.6 Å². The van der Waals surface area contributed by atoms with Gasteiger partial charge in [-0.1, -0.05) is 31.4 Å². The molecule has 1 heterocycles. The van der Waals surface area contributed by atoms with Gasteiger partial charge in [0.2, 0.25) is 0 Å². The largest absolute Gasteiger partial charge is 0.462 e. The van der Waals surface area contributed by atoms with Crippen molar-refractivity contribution >= 4 is 17.7 Å². The normalized spacial score (nSPS) is 20.6. The molecular formula is C19H23N3O5. The van der Waals surface area contributed by atoms with Crippen LogP contribution in [-0.4, -0.2) is 23.5 Å². The molecule has 0 bridgehead atoms. The molecule has 0 radical (unpaired) electrons. The van der Waals surface area contributed by atoms with E-state index < -0.39 is 23.0 Å². The Labute approximate surface area is 157 Å². The van der Waals surface area contributed by atoms with Crippen molar-refractivity contribution < 1.29 is 19.2 Å². The van der Waals surface area contributed by atoms with Crippen molar-refractivity contribution in [1.82, 2.24) is 10.6 Å². The van der Waals surface area contributed by atoms with Crippen molar-refractivity contribution in [1.29, 1.82) is 0 Å². The number of hydrogen-bond acceptors (Lipinski definition) is 5. The van der Waals surface area contributed by atoms with Crippen molar-refractivity contribution in [3.05, 3.63) is 51.2 Å². The molecule has 27 heavy (non-hydrogen) atoms. The molecule has 8 nitrogen and oxygen atoms in total. The summed E-state index contributed by atoms with van der Waals surface area (Å²) < 4.78 is 5.53. The van der Waals surface area contributed by atoms with E-state index in [1.807, 2.05) is 0 Å². The van der Waals surface area contributed by atoms with Crippen LogP contribution in [-0.2, 0) is 9.53 Å². The highest BCUT2D eigenvalue weighted by Gasteiger charge is 2.33. The lowest BCUT2D eigenvalue weighted by atomic mass is 9.90. The molecule has 1 aromatic carbocycles. The van der Waals surface area contributed by atoms with Crippen LogP contribution in [0.25, 0.3) is 0 Å². The summed E-state index contributed by atoms with van der Waals surface area (Å²) in [7, 11) is 0. The molecule has 8 heteroatoms. The molecule has 0 saturated heterocycles. The van der Waals surface area contributed by atoms with E-state index >= 15 is 0 Å². The summed E-state index contributed by atoms with van der Waals surface area (Å²) in [6, 6.07) is 4.64. The summed E-state index contributed by atoms with van der Waals surface area (Å²) >= 11 is 0. The van der Waals surface area contributed by atoms with Gasteiger partial charge in [-0.2, -0.15) is 0 Å². The summed E-state index contributed by atoms with van der Waals surface area (Å²) in [4.78, 5) is 35.2. The van der Waals surface area contributed by atoms with Gasteiger partial charge in [0.15, 0.2) is 0 Å². The van der Waals surface area contributed by atoms with E-state index in [4.69, 9.17) is 4.74 Å². The van der Waals surface area contributed by atoms with Crippen molar-refractivity contribution in [2.75, 3.05) is 6.61 Å². The van der Waals surface area contributed by atoms with Gasteiger partial charge in [0.1, 0.15) is 0 Å². The first-order valence-corrected chi connectivity index (χ1v) is 9.15. The number of benzene rings is 1. The van der Waals surface area contributed by atoms with Gasteiger partial charge in [-0.05, 0) is 31.2 Å². The average molecular weight is 373 g/mol. The van der Waals surface area contributed by atoms with Gasteiger partial charge < -0.3 is 15.4 Å². The van der Waals surface area contributed by atoms with E-state index in [1.54, 1.807) is 13.0 Å². The Bertz CT molecular complexity index is 783. The van der Waals surface area contributed by atoms with Crippen molar-refractivity contribution in [3.63, 3.8) is 0 Å². The Morgan fingerprint density at radius 1 is 1.30 bits per heavy atom. The Hall–Kier alpha value is -2.90. The fraction of sp³-hybridized carbons (Fsp3) is 0.474. The zero-order valence-electron chi connectivity index (χ0n) is 15.2. The number of amides is 2. The lowest BCUT2D eigenvalue weighted by molar-refractivity contribution is -0.384. The second kappa shape index (κ2) is 8.20. The summed E-state index contributed by atoms with van der Waals surface area (Å²) in [5, 5.41) is 16.3. The molecule has 0 aromatic heterocycles. The zero-order chi connectivity index (χ0) is 19.4. The van der Waals surface area contributed by atoms with E-state index in [0.717, 1.165) is 25.7 Å². The maximum Gasteiger partial charge on any atom is 0.338 e. The molecule has 2 N–H and O–H groups in total. The predicted octanol–water partition coefficient (Wildman–Crippen LogP) is 3.35. The number of urea groups is 1. The summed E-state index contributed by atoms with van der Waals surface area (Å²) in [6.45, 7) is 1.98. The molecule has 1 aromatic rings. The van der Waals surface area contributed by atoms with Gasteiger partial charge in [-0.25, -0.2) is 9.59 Å². The third-order valence-electron chi connectivity index (χ3n) is 5.08. The molecule has 2 aliphatic rings. The number of nitro benzene ring substituents is 1. The van der Waals surface area contributed by atoms with Gasteiger partial charge in [-0.3, -0.25) is 10.1 Å². The zero-order valence-corrected chi connectivity index (χ0v) is 15.2. The highest BCUT2D eigenvalue weighted by atomic mass is 16.6. The van der Waals surface area contributed by atoms with E-state index in [0.29, 0.717) is 23.8 Å². The summed E-state index contributed by atoms with van der Waals surface area (Å²) in [5.41, 5.74) is 1.02. The van der Waals surface area contributed by atoms with Crippen molar-refractivity contribution in [2.24, 2.45) is 5.92 Å². The van der Waals surface area contributed by atoms with Gasteiger partial charge >= 0.3 is 12.0 Å². The third kappa shape index (κ3) is 4.45. The van der Waals surface area contributed by atoms with Gasteiger partial charge in [0, 0.05) is 17.8 Å². The Morgan fingerprint density at radius 3 is 2.74 bits per heavy atom. The minimum atomic E-state index is -0.794. The number of esters is 1. The average Bonchev–Trinajstić information content (AvgIpc) is 2.66. The fourth-order valence-electron chi connectivity index (χ4n) is 3.66. The van der Waals surface area contributed by atoms with E-state index in [2.05, 4.69) is 10.6 Å². The minimum Gasteiger partial charge on any atom is -0.462 e. The first kappa shape index (κ1) is 18.9. The number of rotatable bonds is 5. The SMILES string of the molecule is CC1=C(C(=O)OCC2CCCCC2)C(c2cccc([N+](=O)[O-])c2)NC(=O)N1. The monoisotopic (exact) mass is 373 g/mol. The number of non-ortho nitro benzene ring substituents is 1. The van der Waals surface area contributed by atoms with Crippen LogP contribution in [0.5, 0.6) is 0 Å². The van der Waals surface area contributed by atoms with Crippen molar-refractivity contribution in [2.45, 2.75) is 45.1 Å². The van der Waals surface area contributed by atoms with Crippen LogP contribution in [0, 0.1) is 16.0 Å². The third-order valence-corrected chi connectivity index (χ3v) is 5.08. The molecule has 1 aliphatic heterocycles. The van der Waals surface area contributed by atoms with Crippen LogP contribution in [0.2, 0.25) is 0 Å². The van der Waals surface area contributed by atoms with Gasteiger partial charge in [0.25, 0.3) is 5.69 Å². The number of carbonyl (C=O) groups is 2. The maximum absolute atomic E-state index is 12.8. The van der Waals surface area contributed by atoms with Crippen LogP contribution >= 0.6 is 0 Å². The smallest absolute Gasteiger partial charge is 0.338 e. The molecule has 144 valence electrons. The maximum atomic E-state index is 12.8. The summed E-state index contributed by atoms with van der Waals surface area (Å²) in [6.07, 6.45) is 5.62. The topological polar surface area (TPSA) is 111 Å². The van der Waals surface area contributed by atoms with Crippen LogP contribution in [0.4, 0.5) is 10.5 Å². The number of carbonyl (C=O) groups excluding carboxylic acids is 2. The first-order valence-electron chi connectivity index (χ1n) is 9.15. The molecule has 0 spiro atoms. The number of nitro groups is 1. The number of nitrogens with one attached hydrogen (secondary N) is 2. The van der Waals surface area contributed by atoms with E-state index in [-0.39, 0.29) is 11.3 Å². The first-order chi connectivity index (χ1) is 13.0. The van der Waals surface area contributed by atoms with Crippen LogP contribution in [0.3, 0.4) is 0 Å². The van der Waals surface area contributed by atoms with Crippen molar-refractivity contribution in [3.8, 4) is 0 Å². The quantitative estimate of drug-likeness (QED) is 0.467. The second-order valence-electron chi connectivity index (χ2n) is 7.02. The van der Waals surface area contributed by atoms with E-state index in [1.165, 1.54) is 24.6 Å². The van der Waals surface area contributed by atoms with Gasteiger partial charge in [0.05, 0.1) is 23.1 Å². The number of hydrogen-bond donors (Lipinski definition) is 2. The Balaban J connectivity index is 1.82. The molecule has 1 fully saturated rings. The lowest BCUT2D eigenvalue weighted by Gasteiger charge is -2.29. The Morgan fingerprint density at radius 2 is 2.04 bits per heavy atom. The minimum absolute atomic E-state index is 0.104. The fourth-order valence-corrected chi connectivity index (χ4v) is 3.66. The standard InChI is InChI=1S/C19H23N3O5/c1-12-16(18(23)27-11-13-6-3-2-4-7-13)17(21-19(24)20-12)14-8-5-9-15(10-14)22(25)26/h5,8-10,13,17H,2-4,6-7,11H2,1H3,(H2,20,21,24). The lowest BCUT2D eigenvalue weighted by Crippen LogP contribution is -2.45. The predicted molar refractivity (Wildman–Crippen MR) is 97.7 cm³/mol. The molecule has 1 unspecified atom stereocenters. The molecule has 3 rings (SSSR count). The molecular weight excluding hydrogens is 350 g/mol. The Kier molecular flexibility index (Phi) is 5.73. The van der Waals surface area contributed by atoms with Crippen LogP contribution in [0.15, 0.2) is 35.5 Å².